The fourth-order valence-electron chi connectivity index (χ4n) is 3.54. The maximum Gasteiger partial charge on any atom is 0.453 e. The minimum absolute atomic E-state index is 0.0230. The number of rotatable bonds is 3. The molecule has 0 radical (unpaired) electrons. The molecular weight excluding hydrogens is 389 g/mol. The van der Waals surface area contributed by atoms with E-state index in [0.717, 1.165) is 22.9 Å². The molecule has 0 N–H and O–H groups in total. The third-order valence-corrected chi connectivity index (χ3v) is 5.22. The number of nitrogens with zero attached hydrogens (tertiary/aromatic N) is 8. The van der Waals surface area contributed by atoms with E-state index in [2.05, 4.69) is 25.4 Å². The molecule has 1 aliphatic rings. The van der Waals surface area contributed by atoms with Crippen molar-refractivity contribution in [2.24, 2.45) is 0 Å². The summed E-state index contributed by atoms with van der Waals surface area (Å²) >= 11 is 0. The second kappa shape index (κ2) is 6.85. The molecule has 12 heteroatoms. The number of aromatic nitrogens is 6. The van der Waals surface area contributed by atoms with Crippen molar-refractivity contribution in [3.05, 3.63) is 22.8 Å². The van der Waals surface area contributed by atoms with Crippen LogP contribution in [-0.2, 0) is 6.18 Å². The average molecular weight is 410 g/mol. The van der Waals surface area contributed by atoms with Crippen molar-refractivity contribution in [2.75, 3.05) is 37.0 Å². The number of hydrogen-bond acceptors (Lipinski definition) is 8. The molecule has 29 heavy (non-hydrogen) atoms. The lowest BCUT2D eigenvalue weighted by atomic mass is 9.97. The molecular formula is C17H21F3N8O. The van der Waals surface area contributed by atoms with Gasteiger partial charge in [-0.05, 0) is 31.8 Å². The van der Waals surface area contributed by atoms with Gasteiger partial charge < -0.3 is 14.3 Å². The lowest BCUT2D eigenvalue weighted by Gasteiger charge is -2.33. The van der Waals surface area contributed by atoms with E-state index >= 15 is 0 Å². The molecule has 0 amide bonds. The van der Waals surface area contributed by atoms with Crippen molar-refractivity contribution in [1.29, 1.82) is 0 Å². The van der Waals surface area contributed by atoms with E-state index in [1.807, 2.05) is 25.9 Å². The highest BCUT2D eigenvalue weighted by atomic mass is 19.4. The molecule has 0 saturated carbocycles. The van der Waals surface area contributed by atoms with Gasteiger partial charge in [0.15, 0.2) is 11.5 Å². The zero-order chi connectivity index (χ0) is 20.9. The smallest absolute Gasteiger partial charge is 0.354 e. The van der Waals surface area contributed by atoms with Gasteiger partial charge in [-0.15, -0.1) is 15.3 Å². The van der Waals surface area contributed by atoms with E-state index in [1.165, 1.54) is 0 Å². The monoisotopic (exact) mass is 410 g/mol. The first kappa shape index (κ1) is 19.4. The van der Waals surface area contributed by atoms with Crippen LogP contribution in [0.15, 0.2) is 4.52 Å². The normalized spacial score (nSPS) is 17.9. The van der Waals surface area contributed by atoms with E-state index < -0.39 is 12.0 Å². The van der Waals surface area contributed by atoms with E-state index in [-0.39, 0.29) is 11.6 Å². The molecule has 3 aromatic rings. The van der Waals surface area contributed by atoms with Crippen molar-refractivity contribution in [1.82, 2.24) is 30.0 Å². The van der Waals surface area contributed by atoms with Crippen molar-refractivity contribution in [3.8, 4) is 0 Å². The number of halogens is 3. The molecule has 1 saturated heterocycles. The lowest BCUT2D eigenvalue weighted by Crippen LogP contribution is -2.36. The van der Waals surface area contributed by atoms with Crippen LogP contribution in [0.3, 0.4) is 0 Å². The van der Waals surface area contributed by atoms with Crippen LogP contribution in [0.1, 0.15) is 41.6 Å². The molecule has 3 aromatic heterocycles. The topological polar surface area (TPSA) is 88.5 Å². The van der Waals surface area contributed by atoms with Crippen LogP contribution in [0.5, 0.6) is 0 Å². The predicted octanol–water partition coefficient (Wildman–Crippen LogP) is 2.59. The van der Waals surface area contributed by atoms with Gasteiger partial charge in [-0.25, -0.2) is 0 Å². The molecule has 0 aromatic carbocycles. The van der Waals surface area contributed by atoms with Gasteiger partial charge in [-0.1, -0.05) is 0 Å². The van der Waals surface area contributed by atoms with Gasteiger partial charge in [0.2, 0.25) is 5.89 Å². The molecule has 9 nitrogen and oxygen atoms in total. The van der Waals surface area contributed by atoms with Crippen LogP contribution in [-0.4, -0.2) is 57.1 Å². The van der Waals surface area contributed by atoms with Gasteiger partial charge in [0.1, 0.15) is 0 Å². The third-order valence-electron chi connectivity index (χ3n) is 5.22. The number of piperidine rings is 1. The summed E-state index contributed by atoms with van der Waals surface area (Å²) in [6, 6.07) is 0. The molecule has 0 bridgehead atoms. The number of fused-ring (bicyclic) bond motifs is 1. The minimum atomic E-state index is -4.64. The van der Waals surface area contributed by atoms with Crippen molar-refractivity contribution >= 4 is 17.4 Å². The number of alkyl halides is 3. The molecule has 0 aliphatic carbocycles. The first-order valence-electron chi connectivity index (χ1n) is 9.22. The van der Waals surface area contributed by atoms with Crippen molar-refractivity contribution in [3.63, 3.8) is 0 Å². The standard InChI is InChI=1S/C17H21F3N8O/c1-9-10(2)13(24-28-12(9)22-23-15(28)17(18,19)20)27-7-5-6-11(8-27)14-21-16(25-29-14)26(3)4/h11H,5-8H2,1-4H3. The molecule has 1 atom stereocenters. The number of aryl methyl sites for hydroxylation is 1. The highest BCUT2D eigenvalue weighted by Gasteiger charge is 2.38. The molecule has 1 unspecified atom stereocenters. The van der Waals surface area contributed by atoms with Crippen LogP contribution in [0, 0.1) is 13.8 Å². The van der Waals surface area contributed by atoms with Gasteiger partial charge in [0.05, 0.1) is 5.92 Å². The third kappa shape index (κ3) is 3.36. The van der Waals surface area contributed by atoms with Crippen LogP contribution in [0.25, 0.3) is 5.65 Å². The molecule has 1 fully saturated rings. The minimum Gasteiger partial charge on any atom is -0.354 e. The Hall–Kier alpha value is -2.92. The SMILES string of the molecule is Cc1c(N2CCCC(c3nc(N(C)C)no3)C2)nn2c(C(F)(F)F)nnc2c1C. The Bertz CT molecular complexity index is 1040. The largest absolute Gasteiger partial charge is 0.453 e. The Morgan fingerprint density at radius 1 is 1.14 bits per heavy atom. The Morgan fingerprint density at radius 3 is 2.55 bits per heavy atom. The molecule has 4 heterocycles. The fourth-order valence-corrected chi connectivity index (χ4v) is 3.54. The summed E-state index contributed by atoms with van der Waals surface area (Å²) in [5.74, 6) is 0.345. The second-order valence-corrected chi connectivity index (χ2v) is 7.44. The highest BCUT2D eigenvalue weighted by Crippen LogP contribution is 2.33. The molecule has 1 aliphatic heterocycles. The van der Waals surface area contributed by atoms with Gasteiger partial charge in [-0.2, -0.15) is 22.7 Å². The van der Waals surface area contributed by atoms with E-state index in [9.17, 15) is 13.2 Å². The summed E-state index contributed by atoms with van der Waals surface area (Å²) in [5.41, 5.74) is 1.51. The summed E-state index contributed by atoms with van der Waals surface area (Å²) in [4.78, 5) is 8.14. The van der Waals surface area contributed by atoms with E-state index in [0.29, 0.717) is 36.3 Å². The van der Waals surface area contributed by atoms with Crippen LogP contribution >= 0.6 is 0 Å². The maximum absolute atomic E-state index is 13.3. The second-order valence-electron chi connectivity index (χ2n) is 7.44. The molecule has 4 rings (SSSR count). The van der Waals surface area contributed by atoms with E-state index in [1.54, 1.807) is 11.8 Å². The Morgan fingerprint density at radius 2 is 1.90 bits per heavy atom. The van der Waals surface area contributed by atoms with Crippen molar-refractivity contribution < 1.29 is 17.7 Å². The zero-order valence-corrected chi connectivity index (χ0v) is 16.5. The Balaban J connectivity index is 1.70. The predicted molar refractivity (Wildman–Crippen MR) is 98.1 cm³/mol. The Kier molecular flexibility index (Phi) is 4.58. The van der Waals surface area contributed by atoms with Gasteiger partial charge >= 0.3 is 6.18 Å². The Labute approximate surface area is 164 Å². The summed E-state index contributed by atoms with van der Waals surface area (Å²) in [6.07, 6.45) is -2.95. The number of anilines is 2. The van der Waals surface area contributed by atoms with Crippen molar-refractivity contribution in [2.45, 2.75) is 38.8 Å². The lowest BCUT2D eigenvalue weighted by molar-refractivity contribution is -0.146. The summed E-state index contributed by atoms with van der Waals surface area (Å²) in [7, 11) is 3.65. The van der Waals surface area contributed by atoms with Gasteiger partial charge in [0, 0.05) is 38.3 Å². The summed E-state index contributed by atoms with van der Waals surface area (Å²) in [5, 5.41) is 15.2. The summed E-state index contributed by atoms with van der Waals surface area (Å²) in [6.45, 7) is 4.76. The quantitative estimate of drug-likeness (QED) is 0.651. The van der Waals surface area contributed by atoms with Gasteiger partial charge in [-0.3, -0.25) is 0 Å². The van der Waals surface area contributed by atoms with Gasteiger partial charge in [0.25, 0.3) is 11.8 Å². The van der Waals surface area contributed by atoms with E-state index in [4.69, 9.17) is 4.52 Å². The number of hydrogen-bond donors (Lipinski definition) is 0. The summed E-state index contributed by atoms with van der Waals surface area (Å²) < 4.78 is 46.1. The highest BCUT2D eigenvalue weighted by molar-refractivity contribution is 5.59. The molecule has 0 spiro atoms. The average Bonchev–Trinajstić information content (AvgIpc) is 3.31. The first-order chi connectivity index (χ1) is 13.7. The van der Waals surface area contributed by atoms with Crippen LogP contribution in [0.2, 0.25) is 0 Å². The fraction of sp³-hybridized carbons (Fsp3) is 0.588. The maximum atomic E-state index is 13.3. The van der Waals surface area contributed by atoms with Crippen LogP contribution < -0.4 is 9.80 Å². The van der Waals surface area contributed by atoms with Crippen LogP contribution in [0.4, 0.5) is 24.9 Å². The first-order valence-corrected chi connectivity index (χ1v) is 9.22. The molecule has 156 valence electrons. The zero-order valence-electron chi connectivity index (χ0n) is 16.5.